The molecule has 1 aromatic heterocycles. The second-order valence-electron chi connectivity index (χ2n) is 4.75. The third-order valence-electron chi connectivity index (χ3n) is 3.41. The third kappa shape index (κ3) is 2.64. The van der Waals surface area contributed by atoms with Crippen molar-refractivity contribution in [2.45, 2.75) is 12.3 Å². The Hall–Kier alpha value is -2.27. The molecule has 5 heteroatoms. The Morgan fingerprint density at radius 1 is 1.19 bits per heavy atom. The number of hydrogen-bond acceptors (Lipinski definition) is 3. The minimum absolute atomic E-state index is 0.119. The number of carbonyl (C=O) groups is 1. The van der Waals surface area contributed by atoms with Gasteiger partial charge >= 0.3 is 5.97 Å². The first kappa shape index (κ1) is 13.7. The number of rotatable bonds is 4. The van der Waals surface area contributed by atoms with Crippen LogP contribution in [0.3, 0.4) is 0 Å². The summed E-state index contributed by atoms with van der Waals surface area (Å²) in [5.74, 6) is -2.13. The number of nitrogens with zero attached hydrogens (tertiary/aromatic N) is 1. The molecule has 3 rings (SSSR count). The van der Waals surface area contributed by atoms with Crippen molar-refractivity contribution in [2.24, 2.45) is 0 Å². The van der Waals surface area contributed by atoms with E-state index in [-0.39, 0.29) is 12.2 Å². The lowest BCUT2D eigenvalue weighted by Gasteiger charge is -2.11. The highest BCUT2D eigenvalue weighted by Crippen LogP contribution is 2.32. The lowest BCUT2D eigenvalue weighted by Crippen LogP contribution is -2.14. The maximum absolute atomic E-state index is 13.8. The van der Waals surface area contributed by atoms with Gasteiger partial charge in [-0.15, -0.1) is 0 Å². The summed E-state index contributed by atoms with van der Waals surface area (Å²) in [4.78, 5) is 12.3. The van der Waals surface area contributed by atoms with Gasteiger partial charge in [-0.2, -0.15) is 4.37 Å². The molecule has 0 aliphatic carbocycles. The number of benzene rings is 2. The first-order chi connectivity index (χ1) is 10.2. The van der Waals surface area contributed by atoms with Crippen molar-refractivity contribution in [3.8, 4) is 0 Å². The Bertz CT molecular complexity index is 800. The molecule has 0 saturated carbocycles. The Morgan fingerprint density at radius 2 is 1.90 bits per heavy atom. The maximum atomic E-state index is 13.8. The molecule has 21 heavy (non-hydrogen) atoms. The highest BCUT2D eigenvalue weighted by Gasteiger charge is 2.25. The van der Waals surface area contributed by atoms with Crippen LogP contribution in [0.4, 0.5) is 4.39 Å². The zero-order chi connectivity index (χ0) is 14.8. The molecule has 3 aromatic rings. The van der Waals surface area contributed by atoms with E-state index in [2.05, 4.69) is 4.37 Å². The molecule has 106 valence electrons. The van der Waals surface area contributed by atoms with Gasteiger partial charge in [0.15, 0.2) is 0 Å². The predicted octanol–water partition coefficient (Wildman–Crippen LogP) is 3.85. The van der Waals surface area contributed by atoms with Gasteiger partial charge in [-0.3, -0.25) is 4.79 Å². The van der Waals surface area contributed by atoms with Crippen molar-refractivity contribution < 1.29 is 14.3 Å². The maximum Gasteiger partial charge on any atom is 0.312 e. The molecule has 1 N–H and O–H groups in total. The summed E-state index contributed by atoms with van der Waals surface area (Å²) in [7, 11) is 0. The zero-order valence-corrected chi connectivity index (χ0v) is 11.8. The number of carboxylic acids is 1. The molecule has 2 aromatic carbocycles. The smallest absolute Gasteiger partial charge is 0.312 e. The molecule has 0 aliphatic heterocycles. The second kappa shape index (κ2) is 5.61. The van der Waals surface area contributed by atoms with Gasteiger partial charge in [0.2, 0.25) is 0 Å². The zero-order valence-electron chi connectivity index (χ0n) is 11.0. The molecule has 3 nitrogen and oxygen atoms in total. The van der Waals surface area contributed by atoms with Crippen molar-refractivity contribution in [2.75, 3.05) is 0 Å². The second-order valence-corrected chi connectivity index (χ2v) is 5.56. The fourth-order valence-electron chi connectivity index (χ4n) is 2.34. The monoisotopic (exact) mass is 301 g/mol. The lowest BCUT2D eigenvalue weighted by molar-refractivity contribution is -0.138. The normalized spacial score (nSPS) is 12.4. The number of aromatic nitrogens is 1. The average molecular weight is 301 g/mol. The van der Waals surface area contributed by atoms with E-state index in [9.17, 15) is 14.3 Å². The minimum Gasteiger partial charge on any atom is -0.481 e. The average Bonchev–Trinajstić information content (AvgIpc) is 2.90. The van der Waals surface area contributed by atoms with Crippen molar-refractivity contribution in [1.82, 2.24) is 4.37 Å². The van der Waals surface area contributed by atoms with Crippen molar-refractivity contribution in [3.05, 3.63) is 64.8 Å². The van der Waals surface area contributed by atoms with E-state index in [0.717, 1.165) is 10.9 Å². The lowest BCUT2D eigenvalue weighted by atomic mass is 9.95. The van der Waals surface area contributed by atoms with Crippen LogP contribution in [-0.4, -0.2) is 15.4 Å². The number of aliphatic carboxylic acids is 1. The predicted molar refractivity (Wildman–Crippen MR) is 80.1 cm³/mol. The highest BCUT2D eigenvalue weighted by atomic mass is 32.1. The molecule has 1 unspecified atom stereocenters. The van der Waals surface area contributed by atoms with Gasteiger partial charge < -0.3 is 5.11 Å². The van der Waals surface area contributed by atoms with Crippen LogP contribution in [0.5, 0.6) is 0 Å². The molecular formula is C16H12FNO2S. The van der Waals surface area contributed by atoms with Gasteiger partial charge in [0.05, 0.1) is 11.4 Å². The Morgan fingerprint density at radius 3 is 2.67 bits per heavy atom. The SMILES string of the molecule is O=C(O)C(Cc1ccccc1F)c1snc2ccccc12. The van der Waals surface area contributed by atoms with Gasteiger partial charge in [-0.25, -0.2) is 4.39 Å². The molecule has 0 radical (unpaired) electrons. The van der Waals surface area contributed by atoms with E-state index < -0.39 is 11.9 Å². The highest BCUT2D eigenvalue weighted by molar-refractivity contribution is 7.07. The largest absolute Gasteiger partial charge is 0.481 e. The fraction of sp³-hybridized carbons (Fsp3) is 0.125. The topological polar surface area (TPSA) is 50.2 Å². The van der Waals surface area contributed by atoms with Crippen molar-refractivity contribution >= 4 is 28.4 Å². The van der Waals surface area contributed by atoms with Crippen molar-refractivity contribution in [1.29, 1.82) is 0 Å². The van der Waals surface area contributed by atoms with Gasteiger partial charge in [-0.05, 0) is 35.6 Å². The first-order valence-corrected chi connectivity index (χ1v) is 7.24. The molecule has 0 spiro atoms. The van der Waals surface area contributed by atoms with Crippen LogP contribution in [0.2, 0.25) is 0 Å². The van der Waals surface area contributed by atoms with Gasteiger partial charge in [0, 0.05) is 10.3 Å². The number of hydrogen-bond donors (Lipinski definition) is 1. The molecule has 0 aliphatic rings. The molecule has 0 saturated heterocycles. The Balaban J connectivity index is 2.03. The van der Waals surface area contributed by atoms with Crippen molar-refractivity contribution in [3.63, 3.8) is 0 Å². The van der Waals surface area contributed by atoms with E-state index in [1.165, 1.54) is 17.6 Å². The standard InChI is InChI=1S/C16H12FNO2S/c17-13-7-3-1-5-10(13)9-12(16(19)20)15-11-6-2-4-8-14(11)18-21-15/h1-8,12H,9H2,(H,19,20). The number of carboxylic acid groups (broad SMARTS) is 1. The molecule has 0 amide bonds. The van der Waals surface area contributed by atoms with E-state index in [0.29, 0.717) is 10.4 Å². The summed E-state index contributed by atoms with van der Waals surface area (Å²) in [6, 6.07) is 13.7. The first-order valence-electron chi connectivity index (χ1n) is 6.47. The van der Waals surface area contributed by atoms with Gasteiger partial charge in [0.25, 0.3) is 0 Å². The fourth-order valence-corrected chi connectivity index (χ4v) is 3.27. The van der Waals surface area contributed by atoms with E-state index >= 15 is 0 Å². The molecular weight excluding hydrogens is 289 g/mol. The van der Waals surface area contributed by atoms with Crippen LogP contribution < -0.4 is 0 Å². The van der Waals surface area contributed by atoms with Gasteiger partial charge in [0.1, 0.15) is 5.82 Å². The molecule has 0 bridgehead atoms. The molecule has 1 atom stereocenters. The van der Waals surface area contributed by atoms with Crippen LogP contribution in [0, 0.1) is 5.82 Å². The summed E-state index contributed by atoms with van der Waals surface area (Å²) in [5.41, 5.74) is 1.18. The van der Waals surface area contributed by atoms with Crippen LogP contribution in [0.15, 0.2) is 48.5 Å². The summed E-state index contributed by atoms with van der Waals surface area (Å²) < 4.78 is 18.0. The number of fused-ring (bicyclic) bond motifs is 1. The van der Waals surface area contributed by atoms with E-state index in [1.807, 2.05) is 24.3 Å². The summed E-state index contributed by atoms with van der Waals surface area (Å²) in [6.45, 7) is 0. The van der Waals surface area contributed by atoms with Crippen LogP contribution in [0.1, 0.15) is 16.4 Å². The summed E-state index contributed by atoms with van der Waals surface area (Å²) >= 11 is 1.17. The van der Waals surface area contributed by atoms with E-state index in [4.69, 9.17) is 0 Å². The molecule has 1 heterocycles. The summed E-state index contributed by atoms with van der Waals surface area (Å²) in [6.07, 6.45) is 0.119. The van der Waals surface area contributed by atoms with E-state index in [1.54, 1.807) is 18.2 Å². The molecule has 0 fully saturated rings. The quantitative estimate of drug-likeness (QED) is 0.796. The van der Waals surface area contributed by atoms with Crippen LogP contribution in [-0.2, 0) is 11.2 Å². The minimum atomic E-state index is -0.965. The summed E-state index contributed by atoms with van der Waals surface area (Å²) in [5, 5.41) is 10.3. The Labute approximate surface area is 124 Å². The number of halogens is 1. The van der Waals surface area contributed by atoms with Crippen LogP contribution >= 0.6 is 11.5 Å². The Kier molecular flexibility index (Phi) is 3.66. The third-order valence-corrected chi connectivity index (χ3v) is 4.40. The van der Waals surface area contributed by atoms with Gasteiger partial charge in [-0.1, -0.05) is 36.4 Å². The van der Waals surface area contributed by atoms with Crippen LogP contribution in [0.25, 0.3) is 10.9 Å².